The molecular weight excluding hydrogens is 520 g/mol. The number of carbonyl (C=O) groups excluding carboxylic acids is 1. The Morgan fingerprint density at radius 3 is 2.07 bits per heavy atom. The number of unbranched alkanes of at least 4 members (excludes halogenated alkanes) is 2. The molecule has 5 heterocycles. The number of nitrogens with one attached hydrogen (secondary N) is 1. The second-order valence-electron chi connectivity index (χ2n) is 13.3. The highest BCUT2D eigenvalue weighted by molar-refractivity contribution is 6.04. The summed E-state index contributed by atoms with van der Waals surface area (Å²) in [6, 6.07) is 5.67. The molecule has 1 aliphatic carbocycles. The van der Waals surface area contributed by atoms with Gasteiger partial charge < -0.3 is 10.2 Å². The van der Waals surface area contributed by atoms with Crippen LogP contribution in [0, 0.1) is 5.92 Å². The van der Waals surface area contributed by atoms with Gasteiger partial charge in [-0.2, -0.15) is 5.10 Å². The SMILES string of the molecule is CCC.CCCCC.Cn1nc(C(=O)NC2CC3CCC(C2)N3CC2CCCC2)c2ccc(N3CCCCCC3)nc21. The van der Waals surface area contributed by atoms with Crippen LogP contribution in [0.4, 0.5) is 5.82 Å². The van der Waals surface area contributed by atoms with Crippen LogP contribution in [0.15, 0.2) is 12.1 Å². The summed E-state index contributed by atoms with van der Waals surface area (Å²) >= 11 is 0. The van der Waals surface area contributed by atoms with Gasteiger partial charge in [0, 0.05) is 44.8 Å². The van der Waals surface area contributed by atoms with Crippen molar-refractivity contribution in [1.29, 1.82) is 0 Å². The summed E-state index contributed by atoms with van der Waals surface area (Å²) < 4.78 is 1.78. The summed E-state index contributed by atoms with van der Waals surface area (Å²) in [5.41, 5.74) is 1.33. The molecule has 0 spiro atoms. The largest absolute Gasteiger partial charge is 0.357 e. The molecule has 7 nitrogen and oxygen atoms in total. The zero-order valence-electron chi connectivity index (χ0n) is 27.5. The Bertz CT molecular complexity index is 1070. The number of aryl methyl sites for hydroxylation is 1. The molecule has 2 atom stereocenters. The third kappa shape index (κ3) is 8.48. The third-order valence-electron chi connectivity index (χ3n) is 9.69. The monoisotopic (exact) mass is 580 g/mol. The first-order chi connectivity index (χ1) is 20.5. The lowest BCUT2D eigenvalue weighted by atomic mass is 9.95. The molecule has 1 N–H and O–H groups in total. The van der Waals surface area contributed by atoms with Crippen molar-refractivity contribution in [3.05, 3.63) is 17.8 Å². The van der Waals surface area contributed by atoms with Crippen molar-refractivity contribution >= 4 is 22.8 Å². The van der Waals surface area contributed by atoms with Crippen LogP contribution in [-0.2, 0) is 7.05 Å². The van der Waals surface area contributed by atoms with Gasteiger partial charge in [0.1, 0.15) is 5.82 Å². The predicted octanol–water partition coefficient (Wildman–Crippen LogP) is 7.88. The van der Waals surface area contributed by atoms with Gasteiger partial charge in [-0.15, -0.1) is 0 Å². The van der Waals surface area contributed by atoms with Gasteiger partial charge in [0.2, 0.25) is 0 Å². The molecule has 6 rings (SSSR count). The number of anilines is 1. The molecule has 4 aliphatic rings. The third-order valence-corrected chi connectivity index (χ3v) is 9.69. The van der Waals surface area contributed by atoms with E-state index in [1.54, 1.807) is 4.68 Å². The van der Waals surface area contributed by atoms with Crippen molar-refractivity contribution in [1.82, 2.24) is 25.0 Å². The van der Waals surface area contributed by atoms with Gasteiger partial charge in [-0.25, -0.2) is 9.67 Å². The van der Waals surface area contributed by atoms with Gasteiger partial charge in [0.25, 0.3) is 5.91 Å². The number of rotatable bonds is 7. The first-order valence-corrected chi connectivity index (χ1v) is 17.6. The minimum Gasteiger partial charge on any atom is -0.357 e. The number of piperidine rings is 1. The maximum absolute atomic E-state index is 13.3. The molecule has 42 heavy (non-hydrogen) atoms. The van der Waals surface area contributed by atoms with Crippen molar-refractivity contribution in [2.24, 2.45) is 13.0 Å². The number of pyridine rings is 1. The highest BCUT2D eigenvalue weighted by Gasteiger charge is 2.42. The molecule has 2 aromatic rings. The lowest BCUT2D eigenvalue weighted by Gasteiger charge is -2.40. The van der Waals surface area contributed by atoms with E-state index < -0.39 is 0 Å². The summed E-state index contributed by atoms with van der Waals surface area (Å²) in [6.45, 7) is 12.1. The zero-order valence-corrected chi connectivity index (χ0v) is 27.5. The van der Waals surface area contributed by atoms with Crippen LogP contribution in [0.25, 0.3) is 11.0 Å². The van der Waals surface area contributed by atoms with Crippen molar-refractivity contribution in [3.63, 3.8) is 0 Å². The second-order valence-corrected chi connectivity index (χ2v) is 13.3. The molecule has 2 aromatic heterocycles. The van der Waals surface area contributed by atoms with Crippen molar-refractivity contribution in [2.45, 2.75) is 149 Å². The van der Waals surface area contributed by atoms with Gasteiger partial charge in [0.15, 0.2) is 11.3 Å². The van der Waals surface area contributed by atoms with Crippen LogP contribution in [0.5, 0.6) is 0 Å². The predicted molar refractivity (Wildman–Crippen MR) is 176 cm³/mol. The highest BCUT2D eigenvalue weighted by Crippen LogP contribution is 2.38. The van der Waals surface area contributed by atoms with Crippen molar-refractivity contribution in [3.8, 4) is 0 Å². The Morgan fingerprint density at radius 2 is 1.50 bits per heavy atom. The molecule has 2 unspecified atom stereocenters. The fraction of sp³-hybridized carbons (Fsp3) is 0.800. The Balaban J connectivity index is 0.000000453. The molecule has 7 heteroatoms. The maximum Gasteiger partial charge on any atom is 0.272 e. The molecule has 1 amide bonds. The maximum atomic E-state index is 13.3. The molecular formula is C35H60N6O. The molecule has 0 aromatic carbocycles. The minimum atomic E-state index is -0.0384. The topological polar surface area (TPSA) is 66.3 Å². The van der Waals surface area contributed by atoms with E-state index in [9.17, 15) is 4.79 Å². The van der Waals surface area contributed by atoms with Gasteiger partial charge in [-0.05, 0) is 69.4 Å². The minimum absolute atomic E-state index is 0.0384. The van der Waals surface area contributed by atoms with Gasteiger partial charge >= 0.3 is 0 Å². The average Bonchev–Trinajstić information content (AvgIpc) is 3.59. The van der Waals surface area contributed by atoms with E-state index in [1.165, 1.54) is 96.4 Å². The number of aromatic nitrogens is 3. The van der Waals surface area contributed by atoms with E-state index in [2.05, 4.69) is 60.0 Å². The lowest BCUT2D eigenvalue weighted by molar-refractivity contribution is 0.0796. The van der Waals surface area contributed by atoms with Gasteiger partial charge in [-0.3, -0.25) is 9.69 Å². The summed E-state index contributed by atoms with van der Waals surface area (Å²) in [7, 11) is 1.90. The van der Waals surface area contributed by atoms with E-state index in [-0.39, 0.29) is 11.9 Å². The van der Waals surface area contributed by atoms with E-state index in [1.807, 2.05) is 7.05 Å². The Labute approximate surface area is 256 Å². The van der Waals surface area contributed by atoms with Crippen molar-refractivity contribution < 1.29 is 4.79 Å². The molecule has 3 aliphatic heterocycles. The Morgan fingerprint density at radius 1 is 0.881 bits per heavy atom. The molecule has 3 saturated heterocycles. The van der Waals surface area contributed by atoms with Crippen LogP contribution in [0.2, 0.25) is 0 Å². The van der Waals surface area contributed by atoms with Crippen LogP contribution >= 0.6 is 0 Å². The van der Waals surface area contributed by atoms with Crippen LogP contribution in [0.3, 0.4) is 0 Å². The highest BCUT2D eigenvalue weighted by atomic mass is 16.2. The number of hydrogen-bond donors (Lipinski definition) is 1. The molecule has 4 fully saturated rings. The van der Waals surface area contributed by atoms with Gasteiger partial charge in [0.05, 0.1) is 5.39 Å². The first kappa shape index (κ1) is 32.8. The molecule has 0 radical (unpaired) electrons. The Kier molecular flexibility index (Phi) is 13.0. The zero-order chi connectivity index (χ0) is 29.9. The van der Waals surface area contributed by atoms with Crippen LogP contribution in [0.1, 0.15) is 141 Å². The van der Waals surface area contributed by atoms with E-state index in [0.29, 0.717) is 17.8 Å². The summed E-state index contributed by atoms with van der Waals surface area (Å²) in [6.07, 6.45) is 20.8. The normalized spacial score (nSPS) is 24.5. The molecule has 1 saturated carbocycles. The first-order valence-electron chi connectivity index (χ1n) is 17.6. The van der Waals surface area contributed by atoms with Crippen LogP contribution < -0.4 is 10.2 Å². The lowest BCUT2D eigenvalue weighted by Crippen LogP contribution is -2.51. The Hall–Kier alpha value is -2.15. The smallest absolute Gasteiger partial charge is 0.272 e. The second kappa shape index (κ2) is 16.6. The fourth-order valence-corrected chi connectivity index (χ4v) is 7.55. The standard InChI is InChI=1S/C27H40N6O.C5H12.C3H8/c1-31-26-23(12-13-24(29-26)32-14-6-2-3-7-15-32)25(30-31)27(34)28-20-16-21-10-11-22(17-20)33(21)18-19-8-4-5-9-19;1-3-5-4-2;1-3-2/h12-13,19-22H,2-11,14-18H2,1H3,(H,28,34);3-5H2,1-2H3;3H2,1-2H3. The number of nitrogens with zero attached hydrogens (tertiary/aromatic N) is 5. The number of carbonyl (C=O) groups is 1. The van der Waals surface area contributed by atoms with E-state index >= 15 is 0 Å². The summed E-state index contributed by atoms with van der Waals surface area (Å²) in [5.74, 6) is 1.87. The van der Waals surface area contributed by atoms with E-state index in [0.717, 1.165) is 48.7 Å². The van der Waals surface area contributed by atoms with Crippen LogP contribution in [-0.4, -0.2) is 63.3 Å². The molecule has 2 bridgehead atoms. The number of amides is 1. The number of fused-ring (bicyclic) bond motifs is 3. The number of hydrogen-bond acceptors (Lipinski definition) is 5. The summed E-state index contributed by atoms with van der Waals surface area (Å²) in [5, 5.41) is 8.83. The average molecular weight is 581 g/mol. The quantitative estimate of drug-likeness (QED) is 0.361. The molecule has 236 valence electrons. The van der Waals surface area contributed by atoms with E-state index in [4.69, 9.17) is 4.98 Å². The van der Waals surface area contributed by atoms with Crippen molar-refractivity contribution in [2.75, 3.05) is 24.5 Å². The summed E-state index contributed by atoms with van der Waals surface area (Å²) in [4.78, 5) is 23.4. The van der Waals surface area contributed by atoms with Gasteiger partial charge in [-0.1, -0.05) is 79.1 Å². The fourth-order valence-electron chi connectivity index (χ4n) is 7.55.